The first-order chi connectivity index (χ1) is 8.53. The maximum atomic E-state index is 3.89. The third-order valence-corrected chi connectivity index (χ3v) is 5.61. The van der Waals surface area contributed by atoms with Crippen molar-refractivity contribution in [1.29, 1.82) is 0 Å². The van der Waals surface area contributed by atoms with E-state index in [-0.39, 0.29) is 0 Å². The van der Waals surface area contributed by atoms with Crippen LogP contribution < -0.4 is 5.32 Å². The second kappa shape index (κ2) is 5.92. The number of hydrogen-bond acceptors (Lipinski definition) is 2. The molecule has 2 nitrogen and oxygen atoms in total. The van der Waals surface area contributed by atoms with Gasteiger partial charge in [0.25, 0.3) is 0 Å². The predicted molar refractivity (Wildman–Crippen MR) is 78.9 cm³/mol. The summed E-state index contributed by atoms with van der Waals surface area (Å²) in [6, 6.07) is 0.781. The maximum Gasteiger partial charge on any atom is 0.0328 e. The highest BCUT2D eigenvalue weighted by Crippen LogP contribution is 2.36. The van der Waals surface area contributed by atoms with E-state index in [4.69, 9.17) is 0 Å². The van der Waals surface area contributed by atoms with E-state index in [1.165, 1.54) is 51.5 Å². The first-order valence-electron chi connectivity index (χ1n) is 7.94. The van der Waals surface area contributed by atoms with Gasteiger partial charge in [-0.2, -0.15) is 0 Å². The van der Waals surface area contributed by atoms with Crippen LogP contribution in [0.15, 0.2) is 0 Å². The molecule has 2 aliphatic carbocycles. The predicted octanol–water partition coefficient (Wildman–Crippen LogP) is 3.28. The van der Waals surface area contributed by atoms with Gasteiger partial charge in [-0.1, -0.05) is 26.7 Å². The standard InChI is InChI=1S/C16H32N2/c1-13(2)14-7-5-8-15(11-14)17-12-16(18(3)4)9-6-10-16/h13-15,17H,5-12H2,1-4H3. The van der Waals surface area contributed by atoms with Crippen molar-refractivity contribution in [3.63, 3.8) is 0 Å². The van der Waals surface area contributed by atoms with Crippen LogP contribution in [0, 0.1) is 11.8 Å². The van der Waals surface area contributed by atoms with Gasteiger partial charge in [0.1, 0.15) is 0 Å². The van der Waals surface area contributed by atoms with Crippen molar-refractivity contribution in [1.82, 2.24) is 10.2 Å². The quantitative estimate of drug-likeness (QED) is 0.808. The summed E-state index contributed by atoms with van der Waals surface area (Å²) in [5.74, 6) is 1.81. The van der Waals surface area contributed by atoms with E-state index in [2.05, 4.69) is 38.2 Å². The summed E-state index contributed by atoms with van der Waals surface area (Å²) in [5.41, 5.74) is 0.477. The molecule has 0 aromatic carbocycles. The minimum Gasteiger partial charge on any atom is -0.312 e. The fourth-order valence-corrected chi connectivity index (χ4v) is 3.72. The highest BCUT2D eigenvalue weighted by Gasteiger charge is 2.39. The topological polar surface area (TPSA) is 15.3 Å². The molecule has 0 radical (unpaired) electrons. The Morgan fingerprint density at radius 1 is 1.17 bits per heavy atom. The molecule has 0 saturated heterocycles. The van der Waals surface area contributed by atoms with Crippen LogP contribution in [0.1, 0.15) is 58.8 Å². The first kappa shape index (κ1) is 14.3. The van der Waals surface area contributed by atoms with Gasteiger partial charge in [0.05, 0.1) is 0 Å². The third kappa shape index (κ3) is 3.08. The Bertz CT molecular complexity index is 256. The molecule has 2 saturated carbocycles. The van der Waals surface area contributed by atoms with Gasteiger partial charge in [-0.15, -0.1) is 0 Å². The van der Waals surface area contributed by atoms with E-state index >= 15 is 0 Å². The van der Waals surface area contributed by atoms with Crippen LogP contribution in [-0.4, -0.2) is 37.1 Å². The summed E-state index contributed by atoms with van der Waals surface area (Å²) in [7, 11) is 4.50. The molecule has 0 bridgehead atoms. The molecule has 2 aliphatic rings. The van der Waals surface area contributed by atoms with Gasteiger partial charge in [0.2, 0.25) is 0 Å². The molecule has 1 N–H and O–H groups in total. The number of rotatable bonds is 5. The lowest BCUT2D eigenvalue weighted by Gasteiger charge is -2.48. The molecule has 0 aromatic heterocycles. The molecule has 0 heterocycles. The van der Waals surface area contributed by atoms with Gasteiger partial charge in [0.15, 0.2) is 0 Å². The molecular formula is C16H32N2. The average molecular weight is 252 g/mol. The summed E-state index contributed by atoms with van der Waals surface area (Å²) in [6.07, 6.45) is 9.86. The van der Waals surface area contributed by atoms with Gasteiger partial charge in [-0.05, 0) is 58.0 Å². The zero-order chi connectivity index (χ0) is 13.2. The van der Waals surface area contributed by atoms with Gasteiger partial charge >= 0.3 is 0 Å². The highest BCUT2D eigenvalue weighted by molar-refractivity contribution is 4.98. The molecule has 106 valence electrons. The molecule has 2 rings (SSSR count). The van der Waals surface area contributed by atoms with Crippen molar-refractivity contribution < 1.29 is 0 Å². The van der Waals surface area contributed by atoms with E-state index in [0.29, 0.717) is 5.54 Å². The summed E-state index contributed by atoms with van der Waals surface area (Å²) >= 11 is 0. The van der Waals surface area contributed by atoms with Crippen LogP contribution in [0.5, 0.6) is 0 Å². The van der Waals surface area contributed by atoms with Crippen LogP contribution in [0.4, 0.5) is 0 Å². The normalized spacial score (nSPS) is 31.7. The Balaban J connectivity index is 1.79. The smallest absolute Gasteiger partial charge is 0.0328 e. The SMILES string of the molecule is CC(C)C1CCCC(NCC2(N(C)C)CCC2)C1. The van der Waals surface area contributed by atoms with Crippen molar-refractivity contribution in [2.24, 2.45) is 11.8 Å². The lowest BCUT2D eigenvalue weighted by Crippen LogP contribution is -2.58. The monoisotopic (exact) mass is 252 g/mol. The fourth-order valence-electron chi connectivity index (χ4n) is 3.72. The van der Waals surface area contributed by atoms with Crippen LogP contribution in [0.3, 0.4) is 0 Å². The molecular weight excluding hydrogens is 220 g/mol. The second-order valence-corrected chi connectivity index (χ2v) is 7.22. The first-order valence-corrected chi connectivity index (χ1v) is 7.94. The molecule has 0 aromatic rings. The van der Waals surface area contributed by atoms with E-state index in [1.807, 2.05) is 0 Å². The summed E-state index contributed by atoms with van der Waals surface area (Å²) < 4.78 is 0. The van der Waals surface area contributed by atoms with Crippen molar-refractivity contribution in [2.45, 2.75) is 70.4 Å². The summed E-state index contributed by atoms with van der Waals surface area (Å²) in [5, 5.41) is 3.89. The molecule has 0 spiro atoms. The van der Waals surface area contributed by atoms with Gasteiger partial charge in [-0.3, -0.25) is 0 Å². The van der Waals surface area contributed by atoms with Crippen LogP contribution in [0.2, 0.25) is 0 Å². The Morgan fingerprint density at radius 3 is 2.39 bits per heavy atom. The van der Waals surface area contributed by atoms with Gasteiger partial charge < -0.3 is 10.2 Å². The van der Waals surface area contributed by atoms with E-state index < -0.39 is 0 Å². The van der Waals surface area contributed by atoms with Crippen molar-refractivity contribution in [3.05, 3.63) is 0 Å². The van der Waals surface area contributed by atoms with Crippen molar-refractivity contribution in [2.75, 3.05) is 20.6 Å². The van der Waals surface area contributed by atoms with Crippen LogP contribution >= 0.6 is 0 Å². The lowest BCUT2D eigenvalue weighted by atomic mass is 9.74. The Morgan fingerprint density at radius 2 is 1.89 bits per heavy atom. The Hall–Kier alpha value is -0.0800. The highest BCUT2D eigenvalue weighted by atomic mass is 15.2. The van der Waals surface area contributed by atoms with Crippen molar-refractivity contribution in [3.8, 4) is 0 Å². The summed E-state index contributed by atoms with van der Waals surface area (Å²) in [6.45, 7) is 5.98. The zero-order valence-electron chi connectivity index (χ0n) is 12.8. The largest absolute Gasteiger partial charge is 0.312 e. The molecule has 2 heteroatoms. The van der Waals surface area contributed by atoms with E-state index in [9.17, 15) is 0 Å². The van der Waals surface area contributed by atoms with Crippen molar-refractivity contribution >= 4 is 0 Å². The van der Waals surface area contributed by atoms with Crippen LogP contribution in [0.25, 0.3) is 0 Å². The number of hydrogen-bond donors (Lipinski definition) is 1. The zero-order valence-corrected chi connectivity index (χ0v) is 12.8. The minimum atomic E-state index is 0.477. The maximum absolute atomic E-state index is 3.89. The number of nitrogens with one attached hydrogen (secondary N) is 1. The average Bonchev–Trinajstić information content (AvgIpc) is 2.27. The lowest BCUT2D eigenvalue weighted by molar-refractivity contribution is 0.0535. The molecule has 18 heavy (non-hydrogen) atoms. The third-order valence-electron chi connectivity index (χ3n) is 5.61. The van der Waals surface area contributed by atoms with Gasteiger partial charge in [0, 0.05) is 18.1 Å². The van der Waals surface area contributed by atoms with Crippen LogP contribution in [-0.2, 0) is 0 Å². The second-order valence-electron chi connectivity index (χ2n) is 7.22. The number of nitrogens with zero attached hydrogens (tertiary/aromatic N) is 1. The Labute approximate surface area is 114 Å². The van der Waals surface area contributed by atoms with E-state index in [1.54, 1.807) is 0 Å². The molecule has 2 atom stereocenters. The molecule has 0 aliphatic heterocycles. The van der Waals surface area contributed by atoms with Gasteiger partial charge in [-0.25, -0.2) is 0 Å². The molecule has 2 fully saturated rings. The Kier molecular flexibility index (Phi) is 4.71. The number of likely N-dealkylation sites (N-methyl/N-ethyl adjacent to an activating group) is 1. The van der Waals surface area contributed by atoms with E-state index in [0.717, 1.165) is 17.9 Å². The molecule has 0 amide bonds. The fraction of sp³-hybridized carbons (Fsp3) is 1.00. The molecule has 2 unspecified atom stereocenters. The summed E-state index contributed by atoms with van der Waals surface area (Å²) in [4.78, 5) is 2.45. The minimum absolute atomic E-state index is 0.477.